The number of guanidine groups is 1. The Morgan fingerprint density at radius 2 is 1.96 bits per heavy atom. The molecule has 7 nitrogen and oxygen atoms in total. The lowest BCUT2D eigenvalue weighted by atomic mass is 10.1. The molecule has 1 aromatic carbocycles. The van der Waals surface area contributed by atoms with Crippen LogP contribution in [0.4, 0.5) is 13.2 Å². The van der Waals surface area contributed by atoms with Crippen molar-refractivity contribution in [2.24, 2.45) is 4.99 Å². The van der Waals surface area contributed by atoms with Gasteiger partial charge in [0.15, 0.2) is 5.96 Å². The number of rotatable bonds is 7. The monoisotopic (exact) mass is 422 g/mol. The van der Waals surface area contributed by atoms with Crippen LogP contribution < -0.4 is 10.6 Å². The average molecular weight is 422 g/mol. The van der Waals surface area contributed by atoms with Gasteiger partial charge in [0.05, 0.1) is 31.1 Å². The summed E-state index contributed by atoms with van der Waals surface area (Å²) in [5.41, 5.74) is -0.317. The van der Waals surface area contributed by atoms with E-state index in [0.717, 1.165) is 12.1 Å². The number of ether oxygens (including phenoxy) is 1. The van der Waals surface area contributed by atoms with Crippen molar-refractivity contribution < 1.29 is 26.3 Å². The highest BCUT2D eigenvalue weighted by atomic mass is 32.2. The van der Waals surface area contributed by atoms with Crippen molar-refractivity contribution >= 4 is 16.0 Å². The number of aliphatic imine (C=N–C) groups is 1. The molecule has 1 fully saturated rings. The van der Waals surface area contributed by atoms with Gasteiger partial charge in [0.2, 0.25) is 10.0 Å². The van der Waals surface area contributed by atoms with Gasteiger partial charge in [-0.2, -0.15) is 17.5 Å². The van der Waals surface area contributed by atoms with Crippen LogP contribution in [0.1, 0.15) is 18.1 Å². The molecule has 1 saturated heterocycles. The molecule has 0 radical (unpaired) electrons. The van der Waals surface area contributed by atoms with Gasteiger partial charge in [0.1, 0.15) is 0 Å². The summed E-state index contributed by atoms with van der Waals surface area (Å²) in [4.78, 5) is 4.24. The lowest BCUT2D eigenvalue weighted by molar-refractivity contribution is -0.137. The van der Waals surface area contributed by atoms with Gasteiger partial charge in [0, 0.05) is 26.2 Å². The Hall–Kier alpha value is -1.85. The molecule has 0 amide bonds. The lowest BCUT2D eigenvalue weighted by Crippen LogP contribution is -2.45. The van der Waals surface area contributed by atoms with Gasteiger partial charge >= 0.3 is 6.18 Å². The zero-order chi connectivity index (χ0) is 20.6. The number of halogens is 3. The minimum atomic E-state index is -4.41. The van der Waals surface area contributed by atoms with Crippen LogP contribution in [-0.4, -0.2) is 63.8 Å². The number of sulfonamides is 1. The largest absolute Gasteiger partial charge is 0.416 e. The predicted octanol–water partition coefficient (Wildman–Crippen LogP) is 1.42. The molecule has 0 aromatic heterocycles. The highest BCUT2D eigenvalue weighted by Gasteiger charge is 2.30. The Kier molecular flexibility index (Phi) is 8.08. The third kappa shape index (κ3) is 6.95. The second-order valence-corrected chi connectivity index (χ2v) is 8.24. The zero-order valence-electron chi connectivity index (χ0n) is 15.6. The SMILES string of the molecule is CCNC(=NCc1cccc(C(F)(F)F)c1)NCCS(=O)(=O)N1CCOCC1. The normalized spacial score (nSPS) is 16.8. The quantitative estimate of drug-likeness (QED) is 0.513. The Balaban J connectivity index is 1.93. The molecule has 1 aromatic rings. The molecule has 1 aliphatic heterocycles. The highest BCUT2D eigenvalue weighted by molar-refractivity contribution is 7.89. The van der Waals surface area contributed by atoms with Crippen LogP contribution >= 0.6 is 0 Å². The molecule has 0 spiro atoms. The van der Waals surface area contributed by atoms with Crippen LogP contribution in [0, 0.1) is 0 Å². The number of nitrogens with zero attached hydrogens (tertiary/aromatic N) is 2. The number of morpholine rings is 1. The fourth-order valence-electron chi connectivity index (χ4n) is 2.61. The Bertz CT molecular complexity index is 763. The van der Waals surface area contributed by atoms with Gasteiger partial charge in [-0.15, -0.1) is 0 Å². The number of nitrogens with one attached hydrogen (secondary N) is 2. The third-order valence-electron chi connectivity index (χ3n) is 4.03. The van der Waals surface area contributed by atoms with Gasteiger partial charge in [-0.3, -0.25) is 0 Å². The van der Waals surface area contributed by atoms with Crippen LogP contribution in [0.15, 0.2) is 29.3 Å². The van der Waals surface area contributed by atoms with Crippen molar-refractivity contribution in [1.29, 1.82) is 0 Å². The van der Waals surface area contributed by atoms with Gasteiger partial charge in [-0.1, -0.05) is 12.1 Å². The maximum atomic E-state index is 12.8. The lowest BCUT2D eigenvalue weighted by Gasteiger charge is -2.26. The molecule has 1 aliphatic rings. The Labute approximate surface area is 163 Å². The molecule has 0 saturated carbocycles. The maximum absolute atomic E-state index is 12.8. The molecule has 0 aliphatic carbocycles. The first-order chi connectivity index (χ1) is 13.2. The molecule has 2 rings (SSSR count). The Morgan fingerprint density at radius 3 is 2.61 bits per heavy atom. The van der Waals surface area contributed by atoms with E-state index in [4.69, 9.17) is 4.74 Å². The minimum Gasteiger partial charge on any atom is -0.379 e. The summed E-state index contributed by atoms with van der Waals surface area (Å²) in [6.45, 7) is 3.99. The molecule has 0 atom stereocenters. The molecule has 1 heterocycles. The van der Waals surface area contributed by atoms with E-state index in [1.165, 1.54) is 10.4 Å². The molecule has 2 N–H and O–H groups in total. The summed E-state index contributed by atoms with van der Waals surface area (Å²) in [6, 6.07) is 4.96. The van der Waals surface area contributed by atoms with Crippen molar-refractivity contribution in [2.75, 3.05) is 45.1 Å². The van der Waals surface area contributed by atoms with Crippen molar-refractivity contribution in [3.63, 3.8) is 0 Å². The molecule has 28 heavy (non-hydrogen) atoms. The van der Waals surface area contributed by atoms with E-state index in [0.29, 0.717) is 44.4 Å². The third-order valence-corrected chi connectivity index (χ3v) is 5.91. The molecular weight excluding hydrogens is 397 g/mol. The van der Waals surface area contributed by atoms with E-state index < -0.39 is 21.8 Å². The van der Waals surface area contributed by atoms with Crippen molar-refractivity contribution in [3.8, 4) is 0 Å². The molecule has 0 unspecified atom stereocenters. The summed E-state index contributed by atoms with van der Waals surface area (Å²) >= 11 is 0. The van der Waals surface area contributed by atoms with Crippen LogP contribution in [0.25, 0.3) is 0 Å². The van der Waals surface area contributed by atoms with E-state index in [1.54, 1.807) is 6.07 Å². The molecule has 158 valence electrons. The summed E-state index contributed by atoms with van der Waals surface area (Å²) in [6.07, 6.45) is -4.41. The maximum Gasteiger partial charge on any atom is 0.416 e. The second kappa shape index (κ2) is 10.1. The van der Waals surface area contributed by atoms with Crippen molar-refractivity contribution in [2.45, 2.75) is 19.6 Å². The van der Waals surface area contributed by atoms with E-state index in [-0.39, 0.29) is 18.8 Å². The fraction of sp³-hybridized carbons (Fsp3) is 0.588. The first-order valence-electron chi connectivity index (χ1n) is 8.96. The topological polar surface area (TPSA) is 83.0 Å². The molecular formula is C17H25F3N4O3S. The van der Waals surface area contributed by atoms with Gasteiger partial charge in [-0.05, 0) is 24.6 Å². The van der Waals surface area contributed by atoms with Crippen molar-refractivity contribution in [3.05, 3.63) is 35.4 Å². The van der Waals surface area contributed by atoms with Crippen LogP contribution in [0.3, 0.4) is 0 Å². The smallest absolute Gasteiger partial charge is 0.379 e. The van der Waals surface area contributed by atoms with Crippen LogP contribution in [-0.2, 0) is 27.5 Å². The van der Waals surface area contributed by atoms with Gasteiger partial charge < -0.3 is 15.4 Å². The van der Waals surface area contributed by atoms with Gasteiger partial charge in [-0.25, -0.2) is 13.4 Å². The first kappa shape index (κ1) is 22.4. The highest BCUT2D eigenvalue weighted by Crippen LogP contribution is 2.29. The van der Waals surface area contributed by atoms with E-state index in [2.05, 4.69) is 15.6 Å². The predicted molar refractivity (Wildman–Crippen MR) is 100 cm³/mol. The van der Waals surface area contributed by atoms with E-state index in [9.17, 15) is 21.6 Å². The summed E-state index contributed by atoms with van der Waals surface area (Å²) in [7, 11) is -3.40. The molecule has 0 bridgehead atoms. The molecule has 11 heteroatoms. The summed E-state index contributed by atoms with van der Waals surface area (Å²) in [5.74, 6) is 0.234. The zero-order valence-corrected chi connectivity index (χ0v) is 16.4. The Morgan fingerprint density at radius 1 is 1.25 bits per heavy atom. The second-order valence-electron chi connectivity index (χ2n) is 6.15. The number of alkyl halides is 3. The number of hydrogen-bond donors (Lipinski definition) is 2. The number of hydrogen-bond acceptors (Lipinski definition) is 4. The summed E-state index contributed by atoms with van der Waals surface area (Å²) < 4.78 is 69.5. The van der Waals surface area contributed by atoms with Crippen LogP contribution in [0.2, 0.25) is 0 Å². The average Bonchev–Trinajstić information content (AvgIpc) is 2.66. The van der Waals surface area contributed by atoms with E-state index in [1.807, 2.05) is 6.92 Å². The van der Waals surface area contributed by atoms with Gasteiger partial charge in [0.25, 0.3) is 0 Å². The van der Waals surface area contributed by atoms with Crippen LogP contribution in [0.5, 0.6) is 0 Å². The fourth-order valence-corrected chi connectivity index (χ4v) is 3.93. The summed E-state index contributed by atoms with van der Waals surface area (Å²) in [5, 5.41) is 5.86. The minimum absolute atomic E-state index is 0.0372. The van der Waals surface area contributed by atoms with E-state index >= 15 is 0 Å². The number of benzene rings is 1. The first-order valence-corrected chi connectivity index (χ1v) is 10.6. The van der Waals surface area contributed by atoms with Crippen molar-refractivity contribution in [1.82, 2.24) is 14.9 Å². The standard InChI is InChI=1S/C17H25F3N4O3S/c1-2-21-16(22-6-11-28(25,26)24-7-9-27-10-8-24)23-13-14-4-3-5-15(12-14)17(18,19)20/h3-5,12H,2,6-11,13H2,1H3,(H2,21,22,23).